The second kappa shape index (κ2) is 10.6. The molecule has 0 saturated carbocycles. The molecule has 2 rings (SSSR count). The average Bonchev–Trinajstić information content (AvgIpc) is 2.63. The molecule has 1 unspecified atom stereocenters. The summed E-state index contributed by atoms with van der Waals surface area (Å²) < 4.78 is 7.25. The van der Waals surface area contributed by atoms with Crippen LogP contribution >= 0.6 is 37.2 Å². The first-order valence-electron chi connectivity index (χ1n) is 4.91. The molecule has 0 saturated heterocycles. The van der Waals surface area contributed by atoms with Crippen molar-refractivity contribution in [3.63, 3.8) is 0 Å². The Bertz CT molecular complexity index is 344. The molecule has 17 heavy (non-hydrogen) atoms. The largest absolute Gasteiger partial charge is 0.147 e. The smallest absolute Gasteiger partial charge is 0.147 e. The number of rotatable bonds is 4. The Labute approximate surface area is 133 Å². The Morgan fingerprint density at radius 3 is 2.59 bits per heavy atom. The average molecular weight is 462 g/mol. The first-order valence-corrected chi connectivity index (χ1v) is 9.53. The Morgan fingerprint density at radius 1 is 1.18 bits per heavy atom. The molecular formula is C12H17Cl3HfO. The fourth-order valence-corrected chi connectivity index (χ4v) is 6.59. The van der Waals surface area contributed by atoms with Crippen molar-refractivity contribution in [2.75, 3.05) is 13.7 Å². The number of halogens is 3. The third-order valence-corrected chi connectivity index (χ3v) is 7.63. The van der Waals surface area contributed by atoms with Gasteiger partial charge in [-0.05, 0) is 0 Å². The van der Waals surface area contributed by atoms with Crippen LogP contribution in [-0.4, -0.2) is 13.7 Å². The van der Waals surface area contributed by atoms with Gasteiger partial charge in [-0.3, -0.25) is 0 Å². The van der Waals surface area contributed by atoms with Crippen LogP contribution < -0.4 is 0 Å². The van der Waals surface area contributed by atoms with Crippen molar-refractivity contribution < 1.29 is 27.6 Å². The van der Waals surface area contributed by atoms with Crippen LogP contribution in [0.2, 0.25) is 4.18 Å². The number of hydrogen-bond acceptors (Lipinski definition) is 1. The van der Waals surface area contributed by atoms with Crippen LogP contribution in [0, 0.1) is 0 Å². The topological polar surface area (TPSA) is 9.23 Å². The van der Waals surface area contributed by atoms with Crippen LogP contribution in [0.5, 0.6) is 0 Å². The third kappa shape index (κ3) is 5.44. The van der Waals surface area contributed by atoms with Gasteiger partial charge in [0.05, 0.1) is 0 Å². The van der Waals surface area contributed by atoms with E-state index >= 15 is 0 Å². The molecule has 0 amide bonds. The molecular weight excluding hydrogens is 445 g/mol. The van der Waals surface area contributed by atoms with Gasteiger partial charge in [0.15, 0.2) is 0 Å². The number of methoxy groups -OCH3 is 1. The Morgan fingerprint density at radius 2 is 1.88 bits per heavy atom. The van der Waals surface area contributed by atoms with Gasteiger partial charge in [0.2, 0.25) is 0 Å². The van der Waals surface area contributed by atoms with E-state index < -0.39 is 22.9 Å². The molecule has 1 atom stereocenters. The van der Waals surface area contributed by atoms with Crippen molar-refractivity contribution in [3.05, 3.63) is 41.5 Å². The summed E-state index contributed by atoms with van der Waals surface area (Å²) in [6.07, 6.45) is 4.67. The van der Waals surface area contributed by atoms with E-state index in [2.05, 4.69) is 36.4 Å². The van der Waals surface area contributed by atoms with Crippen LogP contribution in [0.25, 0.3) is 6.08 Å². The maximum atomic E-state index is 5.11. The van der Waals surface area contributed by atoms with Gasteiger partial charge in [-0.1, -0.05) is 0 Å². The van der Waals surface area contributed by atoms with Crippen molar-refractivity contribution in [2.45, 2.75) is 7.85 Å². The Kier molecular flexibility index (Phi) is 12.4. The van der Waals surface area contributed by atoms with Gasteiger partial charge in [0.25, 0.3) is 0 Å². The van der Waals surface area contributed by atoms with Crippen molar-refractivity contribution in [1.82, 2.24) is 0 Å². The molecule has 0 heterocycles. The second-order valence-corrected chi connectivity index (χ2v) is 8.91. The minimum atomic E-state index is -0.540. The van der Waals surface area contributed by atoms with Crippen molar-refractivity contribution in [1.29, 1.82) is 0 Å². The Hall–Kier alpha value is 0.660. The standard InChI is InChI=1S/C9H7.C3H7O.3ClH.Hf/c1-2-5-9-7-3-6-8(9)4-1;1-3-4-2;;;;/h1-7H;1,3H2,2H3;3*1H;. The molecule has 0 aliphatic heterocycles. The van der Waals surface area contributed by atoms with Crippen molar-refractivity contribution in [2.24, 2.45) is 0 Å². The van der Waals surface area contributed by atoms with Crippen molar-refractivity contribution in [3.8, 4) is 0 Å². The van der Waals surface area contributed by atoms with Crippen LogP contribution in [0.4, 0.5) is 0 Å². The molecule has 5 heteroatoms. The number of ether oxygens (including phenoxy) is 1. The molecule has 1 nitrogen and oxygen atoms in total. The summed E-state index contributed by atoms with van der Waals surface area (Å²) in [6, 6.07) is 8.76. The zero-order valence-corrected chi connectivity index (χ0v) is 15.6. The van der Waals surface area contributed by atoms with Crippen molar-refractivity contribution >= 4 is 43.3 Å². The van der Waals surface area contributed by atoms with E-state index in [0.717, 1.165) is 10.3 Å². The van der Waals surface area contributed by atoms with Gasteiger partial charge in [-0.2, -0.15) is 0 Å². The van der Waals surface area contributed by atoms with Crippen LogP contribution in [-0.2, 0) is 27.6 Å². The summed E-state index contributed by atoms with van der Waals surface area (Å²) in [5, 5.41) is 0. The molecule has 1 aliphatic carbocycles. The van der Waals surface area contributed by atoms with Gasteiger partial charge in [-0.15, -0.1) is 37.2 Å². The summed E-state index contributed by atoms with van der Waals surface area (Å²) in [6.45, 7) is 0.954. The molecule has 0 bridgehead atoms. The molecule has 0 radical (unpaired) electrons. The summed E-state index contributed by atoms with van der Waals surface area (Å²) in [5.41, 5.74) is 2.99. The fourth-order valence-electron chi connectivity index (χ4n) is 1.74. The van der Waals surface area contributed by atoms with Crippen LogP contribution in [0.1, 0.15) is 14.8 Å². The van der Waals surface area contributed by atoms with Gasteiger partial charge < -0.3 is 0 Å². The molecule has 1 aliphatic rings. The zero-order chi connectivity index (χ0) is 9.80. The monoisotopic (exact) mass is 462 g/mol. The van der Waals surface area contributed by atoms with E-state index in [1.165, 1.54) is 9.74 Å². The molecule has 0 aromatic heterocycles. The molecule has 0 spiro atoms. The summed E-state index contributed by atoms with van der Waals surface area (Å²) in [4.78, 5) is 0. The van der Waals surface area contributed by atoms with E-state index in [-0.39, 0.29) is 37.2 Å². The molecule has 0 fully saturated rings. The van der Waals surface area contributed by atoms with Gasteiger partial charge >= 0.3 is 96.8 Å². The quantitative estimate of drug-likeness (QED) is 0.483. The number of fused-ring (bicyclic) bond motifs is 1. The molecule has 0 N–H and O–H groups in total. The van der Waals surface area contributed by atoms with Crippen LogP contribution in [0.15, 0.2) is 30.3 Å². The molecule has 1 aromatic rings. The van der Waals surface area contributed by atoms with Crippen LogP contribution in [0.3, 0.4) is 0 Å². The maximum absolute atomic E-state index is 5.11. The normalized spacial score (nSPS) is 15.0. The first-order chi connectivity index (χ1) is 6.92. The van der Waals surface area contributed by atoms with E-state index in [4.69, 9.17) is 4.74 Å². The minimum Gasteiger partial charge on any atom is -0.147 e. The number of benzene rings is 1. The SMILES string of the molecule is COC[CH2][Hf][CH]1C=Cc2ccccc21.Cl.Cl.Cl. The third-order valence-electron chi connectivity index (χ3n) is 2.47. The summed E-state index contributed by atoms with van der Waals surface area (Å²) in [7, 11) is 1.79. The second-order valence-electron chi connectivity index (χ2n) is 3.41. The van der Waals surface area contributed by atoms with E-state index in [9.17, 15) is 0 Å². The predicted octanol–water partition coefficient (Wildman–Crippen LogP) is 4.17. The summed E-state index contributed by atoms with van der Waals surface area (Å²) in [5.74, 6) is 0. The van der Waals surface area contributed by atoms with Gasteiger partial charge in [0.1, 0.15) is 0 Å². The van der Waals surface area contributed by atoms with Gasteiger partial charge in [-0.25, -0.2) is 0 Å². The zero-order valence-electron chi connectivity index (χ0n) is 9.59. The Balaban J connectivity index is 0. The van der Waals surface area contributed by atoms with E-state index in [0.29, 0.717) is 0 Å². The van der Waals surface area contributed by atoms with E-state index in [1.807, 2.05) is 0 Å². The molecule has 96 valence electrons. The number of hydrogen-bond donors (Lipinski definition) is 0. The minimum absolute atomic E-state index is 0. The predicted molar refractivity (Wildman–Crippen MR) is 76.6 cm³/mol. The maximum Gasteiger partial charge on any atom is -0.147 e. The fraction of sp³-hybridized carbons (Fsp3) is 0.333. The molecule has 1 aromatic carbocycles. The number of allylic oxidation sites excluding steroid dienone is 1. The summed E-state index contributed by atoms with van der Waals surface area (Å²) >= 11 is -0.540. The van der Waals surface area contributed by atoms with E-state index in [1.54, 1.807) is 12.7 Å². The van der Waals surface area contributed by atoms with Gasteiger partial charge in [0, 0.05) is 0 Å². The first kappa shape index (κ1) is 20.0.